The molecule has 0 aliphatic rings. The highest BCUT2D eigenvalue weighted by Crippen LogP contribution is 2.29. The van der Waals surface area contributed by atoms with Crippen LogP contribution < -0.4 is 5.32 Å². The van der Waals surface area contributed by atoms with Crippen molar-refractivity contribution in [1.29, 1.82) is 5.26 Å². The predicted molar refractivity (Wildman–Crippen MR) is 74.6 cm³/mol. The summed E-state index contributed by atoms with van der Waals surface area (Å²) >= 11 is 6.02. The molecule has 0 saturated heterocycles. The van der Waals surface area contributed by atoms with Gasteiger partial charge in [-0.25, -0.2) is 8.78 Å². The zero-order valence-electron chi connectivity index (χ0n) is 10.6. The number of nitriles is 1. The molecule has 0 aliphatic carbocycles. The van der Waals surface area contributed by atoms with Crippen LogP contribution in [0.4, 0.5) is 14.5 Å². The van der Waals surface area contributed by atoms with E-state index in [1.807, 2.05) is 6.07 Å². The predicted octanol–water partition coefficient (Wildman–Crippen LogP) is 4.66. The minimum absolute atomic E-state index is 0.0482. The molecule has 0 aromatic heterocycles. The molecular weight excluding hydrogens is 282 g/mol. The molecule has 20 heavy (non-hydrogen) atoms. The third-order valence-corrected chi connectivity index (χ3v) is 3.22. The minimum Gasteiger partial charge on any atom is -0.377 e. The van der Waals surface area contributed by atoms with Gasteiger partial charge in [-0.2, -0.15) is 5.26 Å². The lowest BCUT2D eigenvalue weighted by Crippen LogP contribution is -2.11. The van der Waals surface area contributed by atoms with Crippen LogP contribution in [0.3, 0.4) is 0 Å². The number of rotatable bonds is 3. The van der Waals surface area contributed by atoms with E-state index in [9.17, 15) is 8.78 Å². The zero-order chi connectivity index (χ0) is 14.7. The smallest absolute Gasteiger partial charge is 0.131 e. The average Bonchev–Trinajstić information content (AvgIpc) is 2.41. The maximum Gasteiger partial charge on any atom is 0.131 e. The Morgan fingerprint density at radius 2 is 1.85 bits per heavy atom. The highest BCUT2D eigenvalue weighted by Gasteiger charge is 2.16. The summed E-state index contributed by atoms with van der Waals surface area (Å²) in [7, 11) is 0. The first-order valence-electron chi connectivity index (χ1n) is 5.93. The van der Waals surface area contributed by atoms with Crippen LogP contribution in [0, 0.1) is 23.0 Å². The maximum atomic E-state index is 13.7. The van der Waals surface area contributed by atoms with Gasteiger partial charge in [0.25, 0.3) is 0 Å². The third-order valence-electron chi connectivity index (χ3n) is 2.90. The number of anilines is 1. The standard InChI is InChI=1S/C15H11ClF2N2/c1-9(15-12(17)3-2-4-13(15)18)20-14-6-5-10(8-19)7-11(14)16/h2-7,9,20H,1H3. The van der Waals surface area contributed by atoms with Crippen LogP contribution >= 0.6 is 11.6 Å². The fraction of sp³-hybridized carbons (Fsp3) is 0.133. The molecule has 0 heterocycles. The molecule has 0 radical (unpaired) electrons. The first-order valence-corrected chi connectivity index (χ1v) is 6.31. The monoisotopic (exact) mass is 292 g/mol. The highest BCUT2D eigenvalue weighted by molar-refractivity contribution is 6.33. The van der Waals surface area contributed by atoms with Gasteiger partial charge in [0.1, 0.15) is 11.6 Å². The van der Waals surface area contributed by atoms with E-state index in [1.54, 1.807) is 19.1 Å². The van der Waals surface area contributed by atoms with E-state index >= 15 is 0 Å². The number of benzene rings is 2. The van der Waals surface area contributed by atoms with Crippen molar-refractivity contribution in [1.82, 2.24) is 0 Å². The van der Waals surface area contributed by atoms with Crippen molar-refractivity contribution in [2.75, 3.05) is 5.32 Å². The second kappa shape index (κ2) is 5.89. The van der Waals surface area contributed by atoms with Crippen LogP contribution in [0.2, 0.25) is 5.02 Å². The first-order chi connectivity index (χ1) is 9.52. The second-order valence-electron chi connectivity index (χ2n) is 4.31. The van der Waals surface area contributed by atoms with E-state index in [-0.39, 0.29) is 5.56 Å². The molecule has 0 saturated carbocycles. The molecule has 2 rings (SSSR count). The zero-order valence-corrected chi connectivity index (χ0v) is 11.4. The van der Waals surface area contributed by atoms with Crippen LogP contribution in [0.1, 0.15) is 24.1 Å². The van der Waals surface area contributed by atoms with Gasteiger partial charge in [-0.1, -0.05) is 17.7 Å². The van der Waals surface area contributed by atoms with Gasteiger partial charge in [-0.05, 0) is 37.3 Å². The van der Waals surface area contributed by atoms with E-state index in [4.69, 9.17) is 16.9 Å². The van der Waals surface area contributed by atoms with Crippen LogP contribution in [-0.2, 0) is 0 Å². The van der Waals surface area contributed by atoms with Gasteiger partial charge in [0, 0.05) is 5.56 Å². The fourth-order valence-electron chi connectivity index (χ4n) is 1.93. The summed E-state index contributed by atoms with van der Waals surface area (Å²) in [6.45, 7) is 1.63. The normalized spacial score (nSPS) is 11.8. The second-order valence-corrected chi connectivity index (χ2v) is 4.71. The van der Waals surface area contributed by atoms with Gasteiger partial charge < -0.3 is 5.32 Å². The van der Waals surface area contributed by atoms with Crippen molar-refractivity contribution >= 4 is 17.3 Å². The van der Waals surface area contributed by atoms with Crippen molar-refractivity contribution in [3.8, 4) is 6.07 Å². The van der Waals surface area contributed by atoms with E-state index in [0.717, 1.165) is 0 Å². The Labute approximate surface area is 120 Å². The molecule has 5 heteroatoms. The van der Waals surface area contributed by atoms with Crippen molar-refractivity contribution in [2.24, 2.45) is 0 Å². The maximum absolute atomic E-state index is 13.7. The van der Waals surface area contributed by atoms with Crippen LogP contribution in [0.5, 0.6) is 0 Å². The largest absolute Gasteiger partial charge is 0.377 e. The van der Waals surface area contributed by atoms with Crippen molar-refractivity contribution in [2.45, 2.75) is 13.0 Å². The van der Waals surface area contributed by atoms with Crippen LogP contribution in [0.15, 0.2) is 36.4 Å². The Hall–Kier alpha value is -2.12. The van der Waals surface area contributed by atoms with Crippen LogP contribution in [-0.4, -0.2) is 0 Å². The van der Waals surface area contributed by atoms with Gasteiger partial charge in [0.05, 0.1) is 28.4 Å². The summed E-state index contributed by atoms with van der Waals surface area (Å²) in [5, 5.41) is 12.0. The molecule has 102 valence electrons. The summed E-state index contributed by atoms with van der Waals surface area (Å²) < 4.78 is 27.3. The Bertz CT molecular complexity index is 660. The molecule has 0 bridgehead atoms. The quantitative estimate of drug-likeness (QED) is 0.893. The molecule has 2 nitrogen and oxygen atoms in total. The van der Waals surface area contributed by atoms with E-state index in [0.29, 0.717) is 16.3 Å². The first kappa shape index (κ1) is 14.3. The molecule has 1 N–H and O–H groups in total. The molecule has 0 amide bonds. The Morgan fingerprint density at radius 1 is 1.20 bits per heavy atom. The van der Waals surface area contributed by atoms with E-state index < -0.39 is 17.7 Å². The molecule has 0 fully saturated rings. The summed E-state index contributed by atoms with van der Waals surface area (Å²) in [6.07, 6.45) is 0. The topological polar surface area (TPSA) is 35.8 Å². The number of halogens is 3. The summed E-state index contributed by atoms with van der Waals surface area (Å²) in [4.78, 5) is 0. The van der Waals surface area contributed by atoms with E-state index in [1.165, 1.54) is 24.3 Å². The molecule has 0 spiro atoms. The number of nitrogens with zero attached hydrogens (tertiary/aromatic N) is 1. The van der Waals surface area contributed by atoms with Crippen molar-refractivity contribution < 1.29 is 8.78 Å². The Morgan fingerprint density at radius 3 is 2.40 bits per heavy atom. The Balaban J connectivity index is 2.28. The molecule has 2 aromatic rings. The van der Waals surface area contributed by atoms with Gasteiger partial charge >= 0.3 is 0 Å². The number of nitrogens with one attached hydrogen (secondary N) is 1. The van der Waals surface area contributed by atoms with Gasteiger partial charge in [0.2, 0.25) is 0 Å². The average molecular weight is 293 g/mol. The number of hydrogen-bond acceptors (Lipinski definition) is 2. The van der Waals surface area contributed by atoms with Gasteiger partial charge in [-0.3, -0.25) is 0 Å². The summed E-state index contributed by atoms with van der Waals surface area (Å²) in [5.74, 6) is -1.23. The summed E-state index contributed by atoms with van der Waals surface area (Å²) in [6, 6.07) is 9.78. The lowest BCUT2D eigenvalue weighted by Gasteiger charge is -2.18. The minimum atomic E-state index is -0.616. The third kappa shape index (κ3) is 2.89. The molecular formula is C15H11ClF2N2. The Kier molecular flexibility index (Phi) is 4.21. The SMILES string of the molecule is CC(Nc1ccc(C#N)cc1Cl)c1c(F)cccc1F. The molecule has 1 atom stereocenters. The summed E-state index contributed by atoms with van der Waals surface area (Å²) in [5.41, 5.74) is 0.888. The van der Waals surface area contributed by atoms with E-state index in [2.05, 4.69) is 5.32 Å². The highest BCUT2D eigenvalue weighted by atomic mass is 35.5. The van der Waals surface area contributed by atoms with Gasteiger partial charge in [0.15, 0.2) is 0 Å². The lowest BCUT2D eigenvalue weighted by molar-refractivity contribution is 0.544. The van der Waals surface area contributed by atoms with Gasteiger partial charge in [-0.15, -0.1) is 0 Å². The molecule has 0 aliphatic heterocycles. The lowest BCUT2D eigenvalue weighted by atomic mass is 10.1. The van der Waals surface area contributed by atoms with Crippen molar-refractivity contribution in [3.05, 3.63) is 64.2 Å². The molecule has 1 unspecified atom stereocenters. The van der Waals surface area contributed by atoms with Crippen molar-refractivity contribution in [3.63, 3.8) is 0 Å². The van der Waals surface area contributed by atoms with Crippen LogP contribution in [0.25, 0.3) is 0 Å². The number of hydrogen-bond donors (Lipinski definition) is 1. The molecule has 2 aromatic carbocycles. The fourth-order valence-corrected chi connectivity index (χ4v) is 2.17.